The number of amides is 3. The van der Waals surface area contributed by atoms with Crippen molar-refractivity contribution < 1.29 is 27.6 Å². The molecule has 3 amide bonds. The second kappa shape index (κ2) is 9.97. The standard InChI is InChI=1S/C28H27F3N6O3/c1-15(2)8-22(35(3)25(38)16-9-19(29)24-33-21(23(30)31)13-36(24)12-16)26(39)37-14-28(10-17(37)11-32)18-6-4-5-7-20(18)34-27(28)40/h4-7,9,12-13,15,17,22-23H,8,10,14H2,1-3H3,(H,34,40)/t17-,22-,28-/m0/s1. The number of nitrogens with one attached hydrogen (secondary N) is 1. The number of para-hydroxylation sites is 1. The Labute approximate surface area is 228 Å². The molecule has 0 bridgehead atoms. The number of fused-ring (bicyclic) bond motifs is 3. The first-order valence-electron chi connectivity index (χ1n) is 12.8. The summed E-state index contributed by atoms with van der Waals surface area (Å²) < 4.78 is 42.0. The van der Waals surface area contributed by atoms with Crippen molar-refractivity contribution in [2.45, 2.75) is 50.6 Å². The minimum atomic E-state index is -2.92. The highest BCUT2D eigenvalue weighted by atomic mass is 19.3. The van der Waals surface area contributed by atoms with Gasteiger partial charge in [0.25, 0.3) is 12.3 Å². The van der Waals surface area contributed by atoms with Gasteiger partial charge in [-0.15, -0.1) is 0 Å². The molecule has 0 radical (unpaired) electrons. The van der Waals surface area contributed by atoms with Gasteiger partial charge >= 0.3 is 0 Å². The van der Waals surface area contributed by atoms with Crippen LogP contribution in [0.1, 0.15) is 54.7 Å². The monoisotopic (exact) mass is 552 g/mol. The van der Waals surface area contributed by atoms with Gasteiger partial charge in [0, 0.05) is 38.1 Å². The maximum Gasteiger partial charge on any atom is 0.281 e. The van der Waals surface area contributed by atoms with Crippen molar-refractivity contribution in [1.82, 2.24) is 19.2 Å². The van der Waals surface area contributed by atoms with E-state index in [1.807, 2.05) is 13.8 Å². The van der Waals surface area contributed by atoms with Crippen LogP contribution in [0.3, 0.4) is 0 Å². The number of likely N-dealkylation sites (tertiary alicyclic amines) is 1. The van der Waals surface area contributed by atoms with Crippen LogP contribution >= 0.6 is 0 Å². The van der Waals surface area contributed by atoms with E-state index in [1.54, 1.807) is 24.3 Å². The number of aromatic nitrogens is 2. The minimum absolute atomic E-state index is 0.0322. The van der Waals surface area contributed by atoms with Crippen LogP contribution in [0.25, 0.3) is 5.65 Å². The number of imidazole rings is 1. The van der Waals surface area contributed by atoms with Crippen LogP contribution in [0.2, 0.25) is 0 Å². The summed E-state index contributed by atoms with van der Waals surface area (Å²) in [5.41, 5.74) is -0.878. The molecule has 4 heterocycles. The number of benzene rings is 1. The highest BCUT2D eigenvalue weighted by Gasteiger charge is 2.56. The lowest BCUT2D eigenvalue weighted by Gasteiger charge is -2.33. The van der Waals surface area contributed by atoms with Crippen LogP contribution in [0.4, 0.5) is 18.9 Å². The molecule has 0 unspecified atom stereocenters. The van der Waals surface area contributed by atoms with Crippen molar-refractivity contribution >= 4 is 29.1 Å². The quantitative estimate of drug-likeness (QED) is 0.499. The zero-order valence-electron chi connectivity index (χ0n) is 22.1. The van der Waals surface area contributed by atoms with Crippen LogP contribution in [-0.4, -0.2) is 62.6 Å². The summed E-state index contributed by atoms with van der Waals surface area (Å²) in [5.74, 6) is -2.51. The van der Waals surface area contributed by atoms with E-state index in [-0.39, 0.29) is 42.4 Å². The normalized spacial score (nSPS) is 20.7. The van der Waals surface area contributed by atoms with Gasteiger partial charge in [0.1, 0.15) is 17.8 Å². The van der Waals surface area contributed by atoms with Gasteiger partial charge in [0.15, 0.2) is 11.5 Å². The van der Waals surface area contributed by atoms with Crippen molar-refractivity contribution in [3.05, 3.63) is 65.4 Å². The summed E-state index contributed by atoms with van der Waals surface area (Å²) in [4.78, 5) is 46.8. The first kappa shape index (κ1) is 27.2. The van der Waals surface area contributed by atoms with E-state index in [1.165, 1.54) is 23.0 Å². The van der Waals surface area contributed by atoms with E-state index in [0.717, 1.165) is 16.7 Å². The third-order valence-corrected chi connectivity index (χ3v) is 7.68. The van der Waals surface area contributed by atoms with Crippen molar-refractivity contribution in [2.75, 3.05) is 18.9 Å². The summed E-state index contributed by atoms with van der Waals surface area (Å²) in [5, 5.41) is 12.8. The largest absolute Gasteiger partial charge is 0.330 e. The average Bonchev–Trinajstić information content (AvgIpc) is 3.61. The first-order chi connectivity index (χ1) is 19.0. The SMILES string of the molecule is CC(C)C[C@@H](C(=O)N1C[C@]2(C[C@H]1C#N)C(=O)Nc1ccccc12)N(C)C(=O)c1cc(F)c2nc(C(F)F)cn2c1. The van der Waals surface area contributed by atoms with Gasteiger partial charge in [-0.25, -0.2) is 18.2 Å². The van der Waals surface area contributed by atoms with Crippen molar-refractivity contribution in [3.63, 3.8) is 0 Å². The molecule has 0 saturated carbocycles. The summed E-state index contributed by atoms with van der Waals surface area (Å²) >= 11 is 0. The first-order valence-corrected chi connectivity index (χ1v) is 12.8. The number of rotatable bonds is 6. The summed E-state index contributed by atoms with van der Waals surface area (Å²) in [7, 11) is 1.40. The van der Waals surface area contributed by atoms with Crippen LogP contribution in [-0.2, 0) is 15.0 Å². The molecule has 2 aliphatic heterocycles. The number of hydrogen-bond donors (Lipinski definition) is 1. The summed E-state index contributed by atoms with van der Waals surface area (Å²) in [6, 6.07) is 8.25. The van der Waals surface area contributed by atoms with Crippen molar-refractivity contribution in [1.29, 1.82) is 5.26 Å². The van der Waals surface area contributed by atoms with E-state index in [9.17, 15) is 32.8 Å². The lowest BCUT2D eigenvalue weighted by atomic mass is 9.80. The molecular weight excluding hydrogens is 525 g/mol. The molecule has 1 spiro atoms. The molecular formula is C28H27F3N6O3. The molecule has 0 aliphatic carbocycles. The number of nitriles is 1. The number of alkyl halides is 2. The molecule has 40 heavy (non-hydrogen) atoms. The number of carbonyl (C=O) groups is 3. The van der Waals surface area contributed by atoms with Gasteiger partial charge in [-0.2, -0.15) is 5.26 Å². The zero-order chi connectivity index (χ0) is 28.9. The van der Waals surface area contributed by atoms with E-state index in [2.05, 4.69) is 16.4 Å². The fraction of sp³-hybridized carbons (Fsp3) is 0.393. The molecule has 208 valence electrons. The molecule has 3 atom stereocenters. The van der Waals surface area contributed by atoms with E-state index in [0.29, 0.717) is 11.3 Å². The molecule has 9 nitrogen and oxygen atoms in total. The highest BCUT2D eigenvalue weighted by Crippen LogP contribution is 2.46. The van der Waals surface area contributed by atoms with Gasteiger partial charge in [0.2, 0.25) is 11.8 Å². The molecule has 2 aliphatic rings. The van der Waals surface area contributed by atoms with Gasteiger partial charge in [-0.1, -0.05) is 32.0 Å². The lowest BCUT2D eigenvalue weighted by Crippen LogP contribution is -2.52. The van der Waals surface area contributed by atoms with E-state index in [4.69, 9.17) is 0 Å². The Balaban J connectivity index is 1.46. The Morgan fingerprint density at radius 1 is 1.27 bits per heavy atom. The van der Waals surface area contributed by atoms with Gasteiger partial charge in [-0.05, 0) is 30.0 Å². The molecule has 1 saturated heterocycles. The second-order valence-electron chi connectivity index (χ2n) is 10.7. The molecule has 5 rings (SSSR count). The molecule has 1 N–H and O–H groups in total. The zero-order valence-corrected chi connectivity index (χ0v) is 22.1. The predicted molar refractivity (Wildman–Crippen MR) is 138 cm³/mol. The molecule has 2 aromatic heterocycles. The number of nitrogens with zero attached hydrogens (tertiary/aromatic N) is 5. The Hall–Kier alpha value is -4.40. The molecule has 3 aromatic rings. The maximum atomic E-state index is 14.7. The molecule has 1 fully saturated rings. The summed E-state index contributed by atoms with van der Waals surface area (Å²) in [6.07, 6.45) is -0.437. The average molecular weight is 553 g/mol. The Bertz CT molecular complexity index is 1560. The Kier molecular flexibility index (Phi) is 6.77. The number of halogens is 3. The number of anilines is 1. The van der Waals surface area contributed by atoms with Crippen LogP contribution < -0.4 is 5.32 Å². The van der Waals surface area contributed by atoms with E-state index < -0.39 is 47.2 Å². The molecule has 1 aromatic carbocycles. The highest BCUT2D eigenvalue weighted by molar-refractivity contribution is 6.07. The number of carbonyl (C=O) groups excluding carboxylic acids is 3. The van der Waals surface area contributed by atoms with Crippen LogP contribution in [0.15, 0.2) is 42.7 Å². The number of likely N-dealkylation sites (N-methyl/N-ethyl adjacent to an activating group) is 1. The maximum absolute atomic E-state index is 14.7. The van der Waals surface area contributed by atoms with Crippen LogP contribution in [0, 0.1) is 23.1 Å². The predicted octanol–water partition coefficient (Wildman–Crippen LogP) is 3.91. The van der Waals surface area contributed by atoms with Crippen LogP contribution in [0.5, 0.6) is 0 Å². The smallest absolute Gasteiger partial charge is 0.281 e. The Morgan fingerprint density at radius 3 is 2.67 bits per heavy atom. The fourth-order valence-corrected chi connectivity index (χ4v) is 5.69. The third kappa shape index (κ3) is 4.35. The molecule has 12 heteroatoms. The minimum Gasteiger partial charge on any atom is -0.330 e. The second-order valence-corrected chi connectivity index (χ2v) is 10.7. The van der Waals surface area contributed by atoms with Gasteiger partial charge in [-0.3, -0.25) is 14.4 Å². The Morgan fingerprint density at radius 2 is 2.00 bits per heavy atom. The fourth-order valence-electron chi connectivity index (χ4n) is 5.69. The number of hydrogen-bond acceptors (Lipinski definition) is 5. The lowest BCUT2D eigenvalue weighted by molar-refractivity contribution is -0.136. The number of pyridine rings is 1. The van der Waals surface area contributed by atoms with Crippen molar-refractivity contribution in [2.24, 2.45) is 5.92 Å². The third-order valence-electron chi connectivity index (χ3n) is 7.68. The van der Waals surface area contributed by atoms with Crippen molar-refractivity contribution in [3.8, 4) is 6.07 Å². The topological polar surface area (TPSA) is 111 Å². The van der Waals surface area contributed by atoms with Gasteiger partial charge in [0.05, 0.1) is 17.0 Å². The van der Waals surface area contributed by atoms with E-state index >= 15 is 0 Å². The van der Waals surface area contributed by atoms with Gasteiger partial charge < -0.3 is 19.5 Å². The summed E-state index contributed by atoms with van der Waals surface area (Å²) in [6.45, 7) is 3.71.